The number of carbonyl (C=O) groups excluding carboxylic acids is 1. The molecule has 2 heterocycles. The number of aromatic nitrogens is 3. The number of fused-ring (bicyclic) bond motifs is 1. The van der Waals surface area contributed by atoms with Crippen molar-refractivity contribution >= 4 is 45.0 Å². The molecule has 0 atom stereocenters. The van der Waals surface area contributed by atoms with Crippen LogP contribution in [-0.4, -0.2) is 52.8 Å². The van der Waals surface area contributed by atoms with E-state index in [9.17, 15) is 4.79 Å². The number of rotatable bonds is 5. The van der Waals surface area contributed by atoms with Gasteiger partial charge in [-0.3, -0.25) is 14.4 Å². The Balaban J connectivity index is 0.00000225. The Kier molecular flexibility index (Phi) is 6.16. The second-order valence-corrected chi connectivity index (χ2v) is 7.03. The van der Waals surface area contributed by atoms with Crippen molar-refractivity contribution in [2.24, 2.45) is 7.05 Å². The van der Waals surface area contributed by atoms with Gasteiger partial charge < -0.3 is 4.90 Å². The molecule has 0 N–H and O–H groups in total. The van der Waals surface area contributed by atoms with Crippen LogP contribution in [0.2, 0.25) is 0 Å². The van der Waals surface area contributed by atoms with Crippen molar-refractivity contribution in [3.8, 4) is 0 Å². The molecule has 0 saturated carbocycles. The average molecular weight is 380 g/mol. The first-order valence-corrected chi connectivity index (χ1v) is 8.60. The molecule has 25 heavy (non-hydrogen) atoms. The van der Waals surface area contributed by atoms with E-state index in [0.29, 0.717) is 17.4 Å². The number of likely N-dealkylation sites (N-methyl/N-ethyl adjacent to an activating group) is 1. The Labute approximate surface area is 157 Å². The number of benzene rings is 1. The first kappa shape index (κ1) is 19.4. The molecular formula is C17H22ClN5OS. The first-order valence-electron chi connectivity index (χ1n) is 7.78. The van der Waals surface area contributed by atoms with Gasteiger partial charge in [0.05, 0.1) is 10.2 Å². The monoisotopic (exact) mass is 379 g/mol. The van der Waals surface area contributed by atoms with Gasteiger partial charge in [-0.1, -0.05) is 23.5 Å². The number of carbonyl (C=O) groups is 1. The highest BCUT2D eigenvalue weighted by molar-refractivity contribution is 7.22. The van der Waals surface area contributed by atoms with Crippen LogP contribution in [0.5, 0.6) is 0 Å². The molecule has 0 aliphatic carbocycles. The predicted octanol–water partition coefficient (Wildman–Crippen LogP) is 2.97. The number of nitrogens with zero attached hydrogens (tertiary/aromatic N) is 5. The molecule has 0 unspecified atom stereocenters. The van der Waals surface area contributed by atoms with Gasteiger partial charge in [0, 0.05) is 25.8 Å². The molecule has 0 saturated heterocycles. The average Bonchev–Trinajstić information content (AvgIpc) is 3.11. The van der Waals surface area contributed by atoms with E-state index < -0.39 is 0 Å². The smallest absolute Gasteiger partial charge is 0.280 e. The van der Waals surface area contributed by atoms with Crippen LogP contribution in [-0.2, 0) is 7.05 Å². The summed E-state index contributed by atoms with van der Waals surface area (Å²) in [5.41, 5.74) is 2.32. The lowest BCUT2D eigenvalue weighted by atomic mass is 10.3. The Morgan fingerprint density at radius 1 is 1.24 bits per heavy atom. The van der Waals surface area contributed by atoms with Gasteiger partial charge in [-0.2, -0.15) is 5.10 Å². The van der Waals surface area contributed by atoms with Crippen molar-refractivity contribution in [1.29, 1.82) is 0 Å². The van der Waals surface area contributed by atoms with Crippen LogP contribution in [0.25, 0.3) is 10.2 Å². The summed E-state index contributed by atoms with van der Waals surface area (Å²) < 4.78 is 2.79. The third-order valence-corrected chi connectivity index (χ3v) is 4.92. The van der Waals surface area contributed by atoms with Crippen molar-refractivity contribution < 1.29 is 4.79 Å². The lowest BCUT2D eigenvalue weighted by Crippen LogP contribution is -2.37. The SMILES string of the molecule is Cc1cc(C(=O)N(CCN(C)C)c2nc3ccccc3s2)nn1C.Cl. The van der Waals surface area contributed by atoms with E-state index >= 15 is 0 Å². The highest BCUT2D eigenvalue weighted by Gasteiger charge is 2.23. The van der Waals surface area contributed by atoms with Crippen molar-refractivity contribution in [1.82, 2.24) is 19.7 Å². The van der Waals surface area contributed by atoms with E-state index in [1.165, 1.54) is 11.3 Å². The molecule has 0 aliphatic rings. The van der Waals surface area contributed by atoms with Gasteiger partial charge >= 0.3 is 0 Å². The summed E-state index contributed by atoms with van der Waals surface area (Å²) in [6, 6.07) is 9.75. The summed E-state index contributed by atoms with van der Waals surface area (Å²) in [6.07, 6.45) is 0. The Bertz CT molecular complexity index is 820. The zero-order valence-corrected chi connectivity index (χ0v) is 16.4. The van der Waals surface area contributed by atoms with Crippen LogP contribution in [0.3, 0.4) is 0 Å². The van der Waals surface area contributed by atoms with Gasteiger partial charge in [0.2, 0.25) is 0 Å². The zero-order chi connectivity index (χ0) is 17.3. The summed E-state index contributed by atoms with van der Waals surface area (Å²) in [5, 5.41) is 5.04. The highest BCUT2D eigenvalue weighted by Crippen LogP contribution is 2.29. The lowest BCUT2D eigenvalue weighted by Gasteiger charge is -2.21. The normalized spacial score (nSPS) is 10.9. The van der Waals surface area contributed by atoms with Gasteiger partial charge in [0.1, 0.15) is 0 Å². The van der Waals surface area contributed by atoms with Gasteiger partial charge in [0.15, 0.2) is 10.8 Å². The molecule has 8 heteroatoms. The summed E-state index contributed by atoms with van der Waals surface area (Å²) in [6.45, 7) is 3.26. The molecule has 0 radical (unpaired) electrons. The molecule has 1 amide bonds. The molecule has 0 fully saturated rings. The number of amides is 1. The van der Waals surface area contributed by atoms with Crippen LogP contribution in [0.4, 0.5) is 5.13 Å². The summed E-state index contributed by atoms with van der Waals surface area (Å²) in [7, 11) is 5.83. The van der Waals surface area contributed by atoms with Gasteiger partial charge in [-0.25, -0.2) is 4.98 Å². The Morgan fingerprint density at radius 2 is 1.96 bits per heavy atom. The van der Waals surface area contributed by atoms with Crippen LogP contribution < -0.4 is 4.90 Å². The van der Waals surface area contributed by atoms with Gasteiger partial charge in [0.25, 0.3) is 5.91 Å². The third kappa shape index (κ3) is 4.18. The molecular weight excluding hydrogens is 358 g/mol. The second-order valence-electron chi connectivity index (χ2n) is 6.02. The molecule has 3 rings (SSSR count). The quantitative estimate of drug-likeness (QED) is 0.683. The number of aryl methyl sites for hydroxylation is 2. The maximum atomic E-state index is 13.0. The van der Waals surface area contributed by atoms with Crippen LogP contribution in [0.15, 0.2) is 30.3 Å². The van der Waals surface area contributed by atoms with Crippen molar-refractivity contribution in [3.05, 3.63) is 41.7 Å². The number of halogens is 1. The van der Waals surface area contributed by atoms with Crippen molar-refractivity contribution in [2.45, 2.75) is 6.92 Å². The van der Waals surface area contributed by atoms with Crippen LogP contribution in [0, 0.1) is 6.92 Å². The number of anilines is 1. The minimum Gasteiger partial charge on any atom is -0.308 e. The Morgan fingerprint density at radius 3 is 2.56 bits per heavy atom. The molecule has 6 nitrogen and oxygen atoms in total. The standard InChI is InChI=1S/C17H21N5OS.ClH/c1-12-11-14(19-21(12)4)16(23)22(10-9-20(2)3)17-18-13-7-5-6-8-15(13)24-17;/h5-8,11H,9-10H2,1-4H3;1H. The zero-order valence-electron chi connectivity index (χ0n) is 14.8. The second kappa shape index (κ2) is 7.95. The molecule has 134 valence electrons. The minimum absolute atomic E-state index is 0. The van der Waals surface area contributed by atoms with Gasteiger partial charge in [-0.15, -0.1) is 12.4 Å². The molecule has 2 aromatic heterocycles. The predicted molar refractivity (Wildman–Crippen MR) is 105 cm³/mol. The van der Waals surface area contributed by atoms with Gasteiger partial charge in [-0.05, 0) is 39.2 Å². The van der Waals surface area contributed by atoms with E-state index in [1.54, 1.807) is 9.58 Å². The number of hydrogen-bond donors (Lipinski definition) is 0. The fraction of sp³-hybridized carbons (Fsp3) is 0.353. The number of thiazole rings is 1. The third-order valence-electron chi connectivity index (χ3n) is 3.86. The fourth-order valence-corrected chi connectivity index (χ4v) is 3.35. The summed E-state index contributed by atoms with van der Waals surface area (Å²) in [5.74, 6) is -0.111. The maximum absolute atomic E-state index is 13.0. The maximum Gasteiger partial charge on any atom is 0.280 e. The molecule has 0 spiro atoms. The molecule has 1 aromatic carbocycles. The highest BCUT2D eigenvalue weighted by atomic mass is 35.5. The fourth-order valence-electron chi connectivity index (χ4n) is 2.36. The van der Waals surface area contributed by atoms with Crippen molar-refractivity contribution in [2.75, 3.05) is 32.1 Å². The first-order chi connectivity index (χ1) is 11.5. The van der Waals surface area contributed by atoms with E-state index in [1.807, 2.05) is 58.4 Å². The topological polar surface area (TPSA) is 54.3 Å². The molecule has 0 bridgehead atoms. The summed E-state index contributed by atoms with van der Waals surface area (Å²) >= 11 is 1.53. The molecule has 0 aliphatic heterocycles. The van der Waals surface area contributed by atoms with E-state index in [0.717, 1.165) is 22.5 Å². The summed E-state index contributed by atoms with van der Waals surface area (Å²) in [4.78, 5) is 21.4. The molecule has 3 aromatic rings. The van der Waals surface area contributed by atoms with Crippen LogP contribution in [0.1, 0.15) is 16.2 Å². The van der Waals surface area contributed by atoms with E-state index in [2.05, 4.69) is 15.0 Å². The van der Waals surface area contributed by atoms with Crippen LogP contribution >= 0.6 is 23.7 Å². The number of para-hydroxylation sites is 1. The minimum atomic E-state index is -0.111. The number of hydrogen-bond acceptors (Lipinski definition) is 5. The lowest BCUT2D eigenvalue weighted by molar-refractivity contribution is 0.0979. The largest absolute Gasteiger partial charge is 0.308 e. The Hall–Kier alpha value is -1.96. The van der Waals surface area contributed by atoms with E-state index in [4.69, 9.17) is 0 Å². The van der Waals surface area contributed by atoms with Crippen molar-refractivity contribution in [3.63, 3.8) is 0 Å². The van der Waals surface area contributed by atoms with E-state index in [-0.39, 0.29) is 18.3 Å².